The van der Waals surface area contributed by atoms with Crippen LogP contribution in [0, 0.1) is 5.82 Å². The highest BCUT2D eigenvalue weighted by atomic mass is 19.4. The van der Waals surface area contributed by atoms with Gasteiger partial charge in [-0.2, -0.15) is 18.3 Å². The molecule has 3 heterocycles. The van der Waals surface area contributed by atoms with Gasteiger partial charge in [0.15, 0.2) is 11.7 Å². The van der Waals surface area contributed by atoms with Gasteiger partial charge in [-0.15, -0.1) is 0 Å². The second-order valence-electron chi connectivity index (χ2n) is 6.81. The molecule has 2 aromatic rings. The van der Waals surface area contributed by atoms with Crippen LogP contribution in [0.25, 0.3) is 0 Å². The SMILES string of the molecule is O=C(c1cc2n(n1)[C@@H](C(F)(F)F)C[C@H](c1ccc(F)cc1)N2)N1CCOCC1. The lowest BCUT2D eigenvalue weighted by molar-refractivity contribution is -0.173. The maximum absolute atomic E-state index is 13.7. The van der Waals surface area contributed by atoms with E-state index in [4.69, 9.17) is 4.74 Å². The Labute approximate surface area is 158 Å². The number of alkyl halides is 3. The highest BCUT2D eigenvalue weighted by Crippen LogP contribution is 2.43. The summed E-state index contributed by atoms with van der Waals surface area (Å²) >= 11 is 0. The van der Waals surface area contributed by atoms with Gasteiger partial charge in [-0.3, -0.25) is 4.79 Å². The largest absolute Gasteiger partial charge is 0.410 e. The van der Waals surface area contributed by atoms with Crippen molar-refractivity contribution in [2.45, 2.75) is 24.7 Å². The number of amides is 1. The van der Waals surface area contributed by atoms with Crippen molar-refractivity contribution in [1.82, 2.24) is 14.7 Å². The molecule has 6 nitrogen and oxygen atoms in total. The van der Waals surface area contributed by atoms with Gasteiger partial charge >= 0.3 is 6.18 Å². The Bertz CT molecular complexity index is 859. The summed E-state index contributed by atoms with van der Waals surface area (Å²) in [6, 6.07) is 4.09. The van der Waals surface area contributed by atoms with E-state index in [2.05, 4.69) is 10.4 Å². The minimum atomic E-state index is -4.54. The molecule has 150 valence electrons. The molecule has 0 unspecified atom stereocenters. The van der Waals surface area contributed by atoms with Crippen LogP contribution in [0.5, 0.6) is 0 Å². The molecule has 10 heteroatoms. The van der Waals surface area contributed by atoms with E-state index in [0.29, 0.717) is 31.9 Å². The fourth-order valence-corrected chi connectivity index (χ4v) is 3.52. The number of carbonyl (C=O) groups excluding carboxylic acids is 1. The molecule has 28 heavy (non-hydrogen) atoms. The molecule has 2 atom stereocenters. The Balaban J connectivity index is 1.65. The third kappa shape index (κ3) is 3.56. The first kappa shape index (κ1) is 18.7. The number of aromatic nitrogens is 2. The molecule has 1 saturated heterocycles. The van der Waals surface area contributed by atoms with Crippen molar-refractivity contribution >= 4 is 11.7 Å². The molecular formula is C18H18F4N4O2. The summed E-state index contributed by atoms with van der Waals surface area (Å²) in [6.07, 6.45) is -4.85. The minimum absolute atomic E-state index is 0.0431. The number of nitrogens with one attached hydrogen (secondary N) is 1. The number of ether oxygens (including phenoxy) is 1. The standard InChI is InChI=1S/C18H18F4N4O2/c19-12-3-1-11(2-4-12)13-9-15(18(20,21)22)26-16(23-13)10-14(24-26)17(27)25-5-7-28-8-6-25/h1-4,10,13,15,23H,5-9H2/t13-,15-/m1/s1. The van der Waals surface area contributed by atoms with Crippen LogP contribution in [-0.4, -0.2) is 53.1 Å². The number of hydrogen-bond donors (Lipinski definition) is 1. The Hall–Kier alpha value is -2.62. The molecular weight excluding hydrogens is 380 g/mol. The molecule has 0 bridgehead atoms. The van der Waals surface area contributed by atoms with Crippen LogP contribution in [0.3, 0.4) is 0 Å². The highest BCUT2D eigenvalue weighted by Gasteiger charge is 2.47. The number of rotatable bonds is 2. The molecule has 1 amide bonds. The van der Waals surface area contributed by atoms with E-state index in [1.54, 1.807) is 0 Å². The quantitative estimate of drug-likeness (QED) is 0.790. The predicted octanol–water partition coefficient (Wildman–Crippen LogP) is 3.15. The fraction of sp³-hybridized carbons (Fsp3) is 0.444. The monoisotopic (exact) mass is 398 g/mol. The van der Waals surface area contributed by atoms with Crippen LogP contribution < -0.4 is 5.32 Å². The van der Waals surface area contributed by atoms with Crippen LogP contribution in [0.2, 0.25) is 0 Å². The van der Waals surface area contributed by atoms with Gasteiger partial charge in [0.2, 0.25) is 0 Å². The van der Waals surface area contributed by atoms with Crippen molar-refractivity contribution < 1.29 is 27.1 Å². The predicted molar refractivity (Wildman–Crippen MR) is 91.4 cm³/mol. The summed E-state index contributed by atoms with van der Waals surface area (Å²) in [5.74, 6) is -0.777. The molecule has 1 fully saturated rings. The van der Waals surface area contributed by atoms with Crippen molar-refractivity contribution in [3.8, 4) is 0 Å². The average Bonchev–Trinajstić information content (AvgIpc) is 3.11. The summed E-state index contributed by atoms with van der Waals surface area (Å²) in [5.41, 5.74) is 0.488. The number of halogens is 4. The van der Waals surface area contributed by atoms with Gasteiger partial charge in [-0.05, 0) is 17.7 Å². The van der Waals surface area contributed by atoms with E-state index in [-0.39, 0.29) is 17.9 Å². The van der Waals surface area contributed by atoms with Crippen LogP contribution in [0.4, 0.5) is 23.4 Å². The summed E-state index contributed by atoms with van der Waals surface area (Å²) in [6.45, 7) is 1.51. The average molecular weight is 398 g/mol. The number of carbonyl (C=O) groups is 1. The lowest BCUT2D eigenvalue weighted by atomic mass is 9.97. The molecule has 2 aliphatic heterocycles. The highest BCUT2D eigenvalue weighted by molar-refractivity contribution is 5.93. The normalized spacial score (nSPS) is 22.5. The summed E-state index contributed by atoms with van der Waals surface area (Å²) in [4.78, 5) is 14.1. The Morgan fingerprint density at radius 2 is 1.86 bits per heavy atom. The van der Waals surface area contributed by atoms with Crippen molar-refractivity contribution in [3.05, 3.63) is 47.4 Å². The van der Waals surface area contributed by atoms with E-state index < -0.39 is 30.0 Å². The lowest BCUT2D eigenvalue weighted by Gasteiger charge is -2.33. The second-order valence-corrected chi connectivity index (χ2v) is 6.81. The number of nitrogens with zero attached hydrogens (tertiary/aromatic N) is 3. The minimum Gasteiger partial charge on any atom is -0.378 e. The van der Waals surface area contributed by atoms with E-state index in [9.17, 15) is 22.4 Å². The molecule has 0 spiro atoms. The van der Waals surface area contributed by atoms with Gasteiger partial charge in [-0.25, -0.2) is 9.07 Å². The molecule has 0 saturated carbocycles. The molecule has 0 radical (unpaired) electrons. The van der Waals surface area contributed by atoms with Gasteiger partial charge < -0.3 is 15.0 Å². The molecule has 1 aromatic carbocycles. The van der Waals surface area contributed by atoms with Gasteiger partial charge in [-0.1, -0.05) is 12.1 Å². The van der Waals surface area contributed by atoms with Crippen molar-refractivity contribution in [3.63, 3.8) is 0 Å². The zero-order chi connectivity index (χ0) is 19.9. The first-order chi connectivity index (χ1) is 13.3. The van der Waals surface area contributed by atoms with E-state index >= 15 is 0 Å². The smallest absolute Gasteiger partial charge is 0.378 e. The maximum Gasteiger partial charge on any atom is 0.410 e. The Kier molecular flexibility index (Phi) is 4.74. The van der Waals surface area contributed by atoms with Crippen molar-refractivity contribution in [1.29, 1.82) is 0 Å². The number of fused-ring (bicyclic) bond motifs is 1. The van der Waals surface area contributed by atoms with Crippen LogP contribution in [0.1, 0.15) is 34.6 Å². The Morgan fingerprint density at radius 1 is 1.18 bits per heavy atom. The second kappa shape index (κ2) is 7.08. The first-order valence-corrected chi connectivity index (χ1v) is 8.88. The van der Waals surface area contributed by atoms with Crippen LogP contribution in [-0.2, 0) is 4.74 Å². The van der Waals surface area contributed by atoms with Gasteiger partial charge in [0.1, 0.15) is 11.6 Å². The summed E-state index contributed by atoms with van der Waals surface area (Å²) in [7, 11) is 0. The third-order valence-corrected chi connectivity index (χ3v) is 4.98. The first-order valence-electron chi connectivity index (χ1n) is 8.88. The summed E-state index contributed by atoms with van der Waals surface area (Å²) < 4.78 is 60.2. The number of hydrogen-bond acceptors (Lipinski definition) is 4. The summed E-state index contributed by atoms with van der Waals surface area (Å²) in [5, 5.41) is 6.95. The third-order valence-electron chi connectivity index (χ3n) is 4.98. The van der Waals surface area contributed by atoms with Crippen LogP contribution >= 0.6 is 0 Å². The number of morpholine rings is 1. The van der Waals surface area contributed by atoms with Crippen LogP contribution in [0.15, 0.2) is 30.3 Å². The van der Waals surface area contributed by atoms with Gasteiger partial charge in [0.25, 0.3) is 5.91 Å². The molecule has 0 aliphatic carbocycles. The Morgan fingerprint density at radius 3 is 2.50 bits per heavy atom. The van der Waals surface area contributed by atoms with Gasteiger partial charge in [0.05, 0.1) is 19.3 Å². The zero-order valence-electron chi connectivity index (χ0n) is 14.7. The lowest BCUT2D eigenvalue weighted by Crippen LogP contribution is -2.41. The zero-order valence-corrected chi connectivity index (χ0v) is 14.7. The topological polar surface area (TPSA) is 59.4 Å². The molecule has 1 aromatic heterocycles. The maximum atomic E-state index is 13.7. The fourth-order valence-electron chi connectivity index (χ4n) is 3.52. The number of anilines is 1. The van der Waals surface area contributed by atoms with Gasteiger partial charge in [0, 0.05) is 25.6 Å². The molecule has 1 N–H and O–H groups in total. The van der Waals surface area contributed by atoms with Crippen molar-refractivity contribution in [2.24, 2.45) is 0 Å². The van der Waals surface area contributed by atoms with E-state index in [1.165, 1.54) is 35.2 Å². The molecule has 2 aliphatic rings. The van der Waals surface area contributed by atoms with E-state index in [0.717, 1.165) is 4.68 Å². The van der Waals surface area contributed by atoms with Crippen molar-refractivity contribution in [2.75, 3.05) is 31.6 Å². The molecule has 4 rings (SSSR count). The number of benzene rings is 1. The van der Waals surface area contributed by atoms with E-state index in [1.807, 2.05) is 0 Å².